The summed E-state index contributed by atoms with van der Waals surface area (Å²) in [4.78, 5) is 12.8. The molecule has 9 heteroatoms. The van der Waals surface area contributed by atoms with E-state index in [4.69, 9.17) is 11.6 Å². The lowest BCUT2D eigenvalue weighted by atomic mass is 10.0. The van der Waals surface area contributed by atoms with E-state index in [1.165, 1.54) is 24.2 Å². The zero-order valence-electron chi connectivity index (χ0n) is 14.4. The van der Waals surface area contributed by atoms with Crippen LogP contribution in [-0.4, -0.2) is 15.0 Å². The third kappa shape index (κ3) is 4.48. The Balaban J connectivity index is 2.02. The molecule has 2 aromatic rings. The highest BCUT2D eigenvalue weighted by Crippen LogP contribution is 2.39. The number of rotatable bonds is 3. The average molecular weight is 421 g/mol. The summed E-state index contributed by atoms with van der Waals surface area (Å²) in [5.74, 6) is -0.794. The van der Waals surface area contributed by atoms with Gasteiger partial charge in [-0.2, -0.15) is 18.3 Å². The van der Waals surface area contributed by atoms with Gasteiger partial charge in [0.2, 0.25) is 5.43 Å². The lowest BCUT2D eigenvalue weighted by Gasteiger charge is -2.21. The maximum absolute atomic E-state index is 14.4. The Labute approximate surface area is 162 Å². The lowest BCUT2D eigenvalue weighted by molar-refractivity contribution is -0.144. The summed E-state index contributed by atoms with van der Waals surface area (Å²) < 4.78 is 53.8. The quantitative estimate of drug-likeness (QED) is 0.599. The van der Waals surface area contributed by atoms with Crippen molar-refractivity contribution in [2.45, 2.75) is 48.4 Å². The first-order valence-electron chi connectivity index (χ1n) is 8.48. The molecule has 0 atom stereocenters. The standard InChI is InChI=1S/C18H17ClF4N2OS/c1-25-16(18(21,22)23)9-14(26)17(24-25)11-7-15(12(19)8-13(11)20)27-10-5-3-2-4-6-10/h7-10H,2-6H2,1H3. The minimum absolute atomic E-state index is 0.146. The minimum atomic E-state index is -4.72. The maximum atomic E-state index is 14.4. The highest BCUT2D eigenvalue weighted by Gasteiger charge is 2.34. The van der Waals surface area contributed by atoms with E-state index in [9.17, 15) is 22.4 Å². The van der Waals surface area contributed by atoms with Gasteiger partial charge in [-0.25, -0.2) is 4.39 Å². The van der Waals surface area contributed by atoms with Crippen molar-refractivity contribution in [3.63, 3.8) is 0 Å². The number of alkyl halides is 3. The number of hydrogen-bond acceptors (Lipinski definition) is 3. The van der Waals surface area contributed by atoms with Crippen LogP contribution in [0.1, 0.15) is 37.8 Å². The third-order valence-corrected chi connectivity index (χ3v) is 6.33. The van der Waals surface area contributed by atoms with E-state index in [0.717, 1.165) is 38.8 Å². The Morgan fingerprint density at radius 2 is 1.85 bits per heavy atom. The molecule has 1 aliphatic rings. The number of thioether (sulfide) groups is 1. The maximum Gasteiger partial charge on any atom is 0.433 e. The lowest BCUT2D eigenvalue weighted by Crippen LogP contribution is -2.22. The predicted molar refractivity (Wildman–Crippen MR) is 97.6 cm³/mol. The minimum Gasteiger partial charge on any atom is -0.287 e. The van der Waals surface area contributed by atoms with Gasteiger partial charge in [-0.05, 0) is 25.0 Å². The molecule has 0 spiro atoms. The molecule has 1 saturated carbocycles. The van der Waals surface area contributed by atoms with Crippen LogP contribution in [0.3, 0.4) is 0 Å². The van der Waals surface area contributed by atoms with Crippen LogP contribution in [0.25, 0.3) is 11.3 Å². The fourth-order valence-electron chi connectivity index (χ4n) is 3.15. The molecule has 3 rings (SSSR count). The normalized spacial score (nSPS) is 15.9. The Bertz CT molecular complexity index is 907. The van der Waals surface area contributed by atoms with Crippen LogP contribution in [0.15, 0.2) is 27.9 Å². The van der Waals surface area contributed by atoms with Gasteiger partial charge in [0.1, 0.15) is 17.2 Å². The number of aryl methyl sites for hydroxylation is 1. The van der Waals surface area contributed by atoms with Gasteiger partial charge >= 0.3 is 6.18 Å². The summed E-state index contributed by atoms with van der Waals surface area (Å²) in [6.45, 7) is 0. The monoisotopic (exact) mass is 420 g/mol. The van der Waals surface area contributed by atoms with Crippen LogP contribution >= 0.6 is 23.4 Å². The molecule has 0 unspecified atom stereocenters. The molecule has 1 aromatic carbocycles. The highest BCUT2D eigenvalue weighted by atomic mass is 35.5. The van der Waals surface area contributed by atoms with Crippen LogP contribution < -0.4 is 5.43 Å². The van der Waals surface area contributed by atoms with E-state index in [1.807, 2.05) is 0 Å². The van der Waals surface area contributed by atoms with Crippen molar-refractivity contribution >= 4 is 23.4 Å². The SMILES string of the molecule is Cn1nc(-c2cc(SC3CCCCC3)c(Cl)cc2F)c(=O)cc1C(F)(F)F. The van der Waals surface area contributed by atoms with Gasteiger partial charge in [0, 0.05) is 28.8 Å². The molecule has 1 heterocycles. The smallest absolute Gasteiger partial charge is 0.287 e. The predicted octanol–water partition coefficient (Wildman–Crippen LogP) is 5.68. The number of nitrogens with zero attached hydrogens (tertiary/aromatic N) is 2. The second-order valence-electron chi connectivity index (χ2n) is 6.50. The topological polar surface area (TPSA) is 34.9 Å². The van der Waals surface area contributed by atoms with Crippen LogP contribution in [0.2, 0.25) is 5.02 Å². The van der Waals surface area contributed by atoms with Gasteiger partial charge < -0.3 is 0 Å². The molecule has 1 fully saturated rings. The molecule has 0 amide bonds. The van der Waals surface area contributed by atoms with Gasteiger partial charge in [0.15, 0.2) is 0 Å². The third-order valence-electron chi connectivity index (χ3n) is 4.51. The summed E-state index contributed by atoms with van der Waals surface area (Å²) in [6.07, 6.45) is 0.738. The molecule has 0 radical (unpaired) electrons. The van der Waals surface area contributed by atoms with E-state index in [2.05, 4.69) is 5.10 Å². The number of benzene rings is 1. The van der Waals surface area contributed by atoms with E-state index < -0.39 is 23.1 Å². The number of aromatic nitrogens is 2. The highest BCUT2D eigenvalue weighted by molar-refractivity contribution is 8.00. The molecule has 146 valence electrons. The molecular formula is C18H17ClF4N2OS. The van der Waals surface area contributed by atoms with Crippen molar-refractivity contribution in [3.05, 3.63) is 45.0 Å². The van der Waals surface area contributed by atoms with Gasteiger partial charge in [-0.3, -0.25) is 9.48 Å². The molecule has 0 bridgehead atoms. The van der Waals surface area contributed by atoms with Gasteiger partial charge in [0.25, 0.3) is 0 Å². The molecule has 0 saturated heterocycles. The van der Waals surface area contributed by atoms with E-state index in [1.54, 1.807) is 0 Å². The summed E-state index contributed by atoms with van der Waals surface area (Å²) in [6, 6.07) is 2.93. The zero-order valence-corrected chi connectivity index (χ0v) is 16.0. The largest absolute Gasteiger partial charge is 0.433 e. The molecule has 0 N–H and O–H groups in total. The average Bonchev–Trinajstić information content (AvgIpc) is 2.59. The summed E-state index contributed by atoms with van der Waals surface area (Å²) in [5.41, 5.74) is -2.70. The fourth-order valence-corrected chi connectivity index (χ4v) is 4.72. The van der Waals surface area contributed by atoms with Crippen LogP contribution in [0.4, 0.5) is 17.6 Å². The van der Waals surface area contributed by atoms with Crippen molar-refractivity contribution in [2.24, 2.45) is 7.05 Å². The van der Waals surface area contributed by atoms with E-state index in [-0.39, 0.29) is 16.3 Å². The van der Waals surface area contributed by atoms with Crippen LogP contribution in [0, 0.1) is 5.82 Å². The Morgan fingerprint density at radius 1 is 1.19 bits per heavy atom. The fraction of sp³-hybridized carbons (Fsp3) is 0.444. The first-order chi connectivity index (χ1) is 12.7. The number of hydrogen-bond donors (Lipinski definition) is 0. The summed E-state index contributed by atoms with van der Waals surface area (Å²) in [5, 5.41) is 4.24. The van der Waals surface area contributed by atoms with Crippen molar-refractivity contribution in [2.75, 3.05) is 0 Å². The van der Waals surface area contributed by atoms with E-state index in [0.29, 0.717) is 20.9 Å². The van der Waals surface area contributed by atoms with Gasteiger partial charge in [-0.15, -0.1) is 11.8 Å². The Morgan fingerprint density at radius 3 is 2.48 bits per heavy atom. The first kappa shape index (κ1) is 20.2. The Kier molecular flexibility index (Phi) is 5.86. The molecule has 3 nitrogen and oxygen atoms in total. The van der Waals surface area contributed by atoms with Crippen molar-refractivity contribution < 1.29 is 17.6 Å². The van der Waals surface area contributed by atoms with Crippen molar-refractivity contribution in [1.82, 2.24) is 9.78 Å². The molecule has 27 heavy (non-hydrogen) atoms. The van der Waals surface area contributed by atoms with Crippen molar-refractivity contribution in [1.29, 1.82) is 0 Å². The second-order valence-corrected chi connectivity index (χ2v) is 8.25. The Hall–Kier alpha value is -1.54. The summed E-state index contributed by atoms with van der Waals surface area (Å²) >= 11 is 7.66. The molecule has 0 aliphatic heterocycles. The van der Waals surface area contributed by atoms with E-state index >= 15 is 0 Å². The molecule has 1 aromatic heterocycles. The zero-order chi connectivity index (χ0) is 19.8. The van der Waals surface area contributed by atoms with Crippen LogP contribution in [0.5, 0.6) is 0 Å². The van der Waals surface area contributed by atoms with Gasteiger partial charge in [-0.1, -0.05) is 30.9 Å². The second kappa shape index (κ2) is 7.83. The van der Waals surface area contributed by atoms with Crippen LogP contribution in [-0.2, 0) is 13.2 Å². The first-order valence-corrected chi connectivity index (χ1v) is 9.74. The van der Waals surface area contributed by atoms with Crippen molar-refractivity contribution in [3.8, 4) is 11.3 Å². The summed E-state index contributed by atoms with van der Waals surface area (Å²) in [7, 11) is 1.07. The number of halogens is 5. The molecular weight excluding hydrogens is 404 g/mol. The van der Waals surface area contributed by atoms with Gasteiger partial charge in [0.05, 0.1) is 5.02 Å². The molecule has 1 aliphatic carbocycles.